The van der Waals surface area contributed by atoms with Crippen LogP contribution in [0, 0.1) is 5.92 Å². The second kappa shape index (κ2) is 4.05. The molecule has 2 aliphatic carbocycles. The zero-order valence-electron chi connectivity index (χ0n) is 18.4. The number of benzene rings is 1. The van der Waals surface area contributed by atoms with Crippen LogP contribution in [0.15, 0.2) is 12.1 Å². The molecule has 22 heavy (non-hydrogen) atoms. The van der Waals surface area contributed by atoms with Crippen LogP contribution in [-0.4, -0.2) is 43.4 Å². The van der Waals surface area contributed by atoms with Crippen molar-refractivity contribution in [2.24, 2.45) is 5.92 Å². The van der Waals surface area contributed by atoms with Crippen LogP contribution >= 0.6 is 0 Å². The van der Waals surface area contributed by atoms with Crippen LogP contribution in [-0.2, 0) is 16.6 Å². The first-order valence-corrected chi connectivity index (χ1v) is 7.77. The lowest BCUT2D eigenvalue weighted by Gasteiger charge is -2.57. The molecule has 1 aromatic rings. The van der Waals surface area contributed by atoms with E-state index < -0.39 is 24.5 Å². The van der Waals surface area contributed by atoms with E-state index in [1.165, 1.54) is 12.0 Å². The Hall–Kier alpha value is -1.55. The highest BCUT2D eigenvalue weighted by Gasteiger charge is 2.65. The highest BCUT2D eigenvalue weighted by atomic mass is 16.5. The van der Waals surface area contributed by atoms with Gasteiger partial charge in [0.05, 0.1) is 11.2 Å². The molecule has 2 bridgehead atoms. The number of carbonyl (C=O) groups excluding carboxylic acids is 1. The van der Waals surface area contributed by atoms with Crippen LogP contribution in [0.4, 0.5) is 0 Å². The summed E-state index contributed by atoms with van der Waals surface area (Å²) in [4.78, 5) is 14.4. The van der Waals surface area contributed by atoms with Gasteiger partial charge in [-0.2, -0.15) is 0 Å². The zero-order valence-corrected chi connectivity index (χ0v) is 12.4. The Bertz CT molecular complexity index is 918. The van der Waals surface area contributed by atoms with Crippen molar-refractivity contribution in [3.05, 3.63) is 23.2 Å². The van der Waals surface area contributed by atoms with Gasteiger partial charge in [-0.25, -0.2) is 0 Å². The predicted molar refractivity (Wildman–Crippen MR) is 81.6 cm³/mol. The summed E-state index contributed by atoms with van der Waals surface area (Å²) in [6, 6.07) is -0.603. The lowest BCUT2D eigenvalue weighted by molar-refractivity contribution is -0.138. The van der Waals surface area contributed by atoms with Crippen LogP contribution in [0.25, 0.3) is 0 Å². The Labute approximate surface area is 138 Å². The van der Waals surface area contributed by atoms with Gasteiger partial charge in [0.2, 0.25) is 0 Å². The molecule has 4 heteroatoms. The molecule has 0 amide bonds. The maximum Gasteiger partial charge on any atom is 0.174 e. The molecule has 4 aliphatic rings. The van der Waals surface area contributed by atoms with Crippen LogP contribution in [0.1, 0.15) is 38.6 Å². The normalized spacial score (nSPS) is 46.3. The van der Waals surface area contributed by atoms with E-state index >= 15 is 0 Å². The monoisotopic (exact) mass is 305 g/mol. The largest absolute Gasteiger partial charge is 0.493 e. The first-order valence-electron chi connectivity index (χ1n) is 10.8. The molecule has 1 saturated carbocycles. The van der Waals surface area contributed by atoms with Crippen molar-refractivity contribution in [2.75, 3.05) is 20.6 Å². The Morgan fingerprint density at radius 2 is 2.50 bits per heavy atom. The first kappa shape index (κ1) is 8.34. The third-order valence-electron chi connectivity index (χ3n) is 5.92. The van der Waals surface area contributed by atoms with E-state index in [1.54, 1.807) is 0 Å². The van der Waals surface area contributed by atoms with E-state index in [-0.39, 0.29) is 48.3 Å². The number of nitrogens with zero attached hydrogens (tertiary/aromatic N) is 1. The van der Waals surface area contributed by atoms with Gasteiger partial charge in [-0.1, -0.05) is 6.04 Å². The van der Waals surface area contributed by atoms with E-state index in [4.69, 9.17) is 17.7 Å². The van der Waals surface area contributed by atoms with Gasteiger partial charge >= 0.3 is 0 Å². The molecular formula is C18H21NO3. The summed E-state index contributed by atoms with van der Waals surface area (Å²) in [5.74, 6) is -0.239. The second-order valence-corrected chi connectivity index (χ2v) is 6.65. The number of rotatable bonds is 1. The SMILES string of the molecule is [2H]c1c([2H])c(OC)c2c3c1C[C@@H]1[C@@H]4CCC(=O)C([2H])(O2)[C@]34CCN1C([2H])([2H])[2H]. The minimum Gasteiger partial charge on any atom is -0.493 e. The predicted octanol–water partition coefficient (Wildman–Crippen LogP) is 1.93. The third-order valence-corrected chi connectivity index (χ3v) is 5.92. The number of hydrogen-bond acceptors (Lipinski definition) is 4. The molecule has 1 saturated heterocycles. The number of piperidine rings is 1. The maximum atomic E-state index is 12.9. The molecule has 2 fully saturated rings. The molecule has 2 aliphatic heterocycles. The molecule has 4 nitrogen and oxygen atoms in total. The van der Waals surface area contributed by atoms with Crippen molar-refractivity contribution in [1.29, 1.82) is 0 Å². The zero-order chi connectivity index (χ0) is 20.2. The summed E-state index contributed by atoms with van der Waals surface area (Å²) in [6.07, 6.45) is -0.608. The number of carbonyl (C=O) groups is 1. The lowest BCUT2D eigenvalue weighted by atomic mass is 9.52. The van der Waals surface area contributed by atoms with Crippen molar-refractivity contribution in [3.8, 4) is 11.5 Å². The van der Waals surface area contributed by atoms with Gasteiger partial charge in [0.1, 0.15) is 0 Å². The molecular weight excluding hydrogens is 278 g/mol. The van der Waals surface area contributed by atoms with E-state index in [9.17, 15) is 4.79 Å². The number of hydrogen-bond donors (Lipinski definition) is 0. The maximum absolute atomic E-state index is 12.9. The van der Waals surface area contributed by atoms with Crippen LogP contribution in [0.5, 0.6) is 11.5 Å². The average molecular weight is 305 g/mol. The van der Waals surface area contributed by atoms with E-state index in [2.05, 4.69) is 0 Å². The number of methoxy groups -OCH3 is 1. The molecule has 1 unspecified atom stereocenters. The summed E-state index contributed by atoms with van der Waals surface area (Å²) in [7, 11) is 1.39. The molecule has 2 heterocycles. The van der Waals surface area contributed by atoms with Crippen LogP contribution < -0.4 is 9.47 Å². The van der Waals surface area contributed by atoms with E-state index in [1.807, 2.05) is 0 Å². The van der Waals surface area contributed by atoms with Crippen molar-refractivity contribution >= 4 is 5.78 Å². The van der Waals surface area contributed by atoms with Crippen LogP contribution in [0.2, 0.25) is 0 Å². The quantitative estimate of drug-likeness (QED) is 0.795. The summed E-state index contributed by atoms with van der Waals surface area (Å²) in [6.45, 7) is -2.07. The fourth-order valence-corrected chi connectivity index (χ4v) is 5.07. The Morgan fingerprint density at radius 3 is 3.32 bits per heavy atom. The molecule has 0 N–H and O–H groups in total. The summed E-state index contributed by atoms with van der Waals surface area (Å²) in [5, 5.41) is 0. The minimum atomic E-state index is -2.29. The molecule has 0 aromatic heterocycles. The number of ketones is 1. The van der Waals surface area contributed by atoms with Gasteiger partial charge in [0.25, 0.3) is 0 Å². The van der Waals surface area contributed by atoms with Gasteiger partial charge in [-0.3, -0.25) is 4.79 Å². The van der Waals surface area contributed by atoms with E-state index in [0.717, 1.165) is 0 Å². The van der Waals surface area contributed by atoms with Crippen molar-refractivity contribution in [1.82, 2.24) is 4.90 Å². The van der Waals surface area contributed by atoms with Gasteiger partial charge < -0.3 is 14.4 Å². The first-order chi connectivity index (χ1) is 13.1. The van der Waals surface area contributed by atoms with Crippen molar-refractivity contribution in [2.45, 2.75) is 43.2 Å². The molecule has 1 spiro atoms. The third kappa shape index (κ3) is 1.27. The number of ether oxygens (including phenoxy) is 2. The number of likely N-dealkylation sites (tertiary alicyclic amines) is 1. The lowest BCUT2D eigenvalue weighted by Crippen LogP contribution is -2.65. The Balaban J connectivity index is 1.85. The number of likely N-dealkylation sites (N-methyl/N-ethyl adjacent to an activating group) is 1. The fraction of sp³-hybridized carbons (Fsp3) is 0.611. The highest BCUT2D eigenvalue weighted by Crippen LogP contribution is 2.62. The molecule has 1 aromatic carbocycles. The summed E-state index contributed by atoms with van der Waals surface area (Å²) < 4.78 is 61.1. The van der Waals surface area contributed by atoms with Crippen molar-refractivity contribution in [3.63, 3.8) is 0 Å². The van der Waals surface area contributed by atoms with Crippen LogP contribution in [0.3, 0.4) is 0 Å². The molecule has 0 radical (unpaired) electrons. The standard InChI is InChI=1S/C18H21NO3/c1-19-8-7-18-11-4-5-13(20)17(18)22-16-14(21-2)6-3-10(15(16)18)9-12(11)19/h3,6,11-12,17H,4-5,7-9H2,1-2H3/t11-,12+,17?,18-/m0/s1/i1D3,3D,6D,17D. The summed E-state index contributed by atoms with van der Waals surface area (Å²) >= 11 is 0. The average Bonchev–Trinajstić information content (AvgIpc) is 2.87. The minimum absolute atomic E-state index is 0.0308. The van der Waals surface area contributed by atoms with Gasteiger partial charge in [0.15, 0.2) is 23.4 Å². The Kier molecular flexibility index (Phi) is 1.53. The van der Waals surface area contributed by atoms with Gasteiger partial charge in [-0.05, 0) is 50.3 Å². The topological polar surface area (TPSA) is 38.8 Å². The fourth-order valence-electron chi connectivity index (χ4n) is 5.07. The molecule has 5 rings (SSSR count). The molecule has 4 atom stereocenters. The van der Waals surface area contributed by atoms with Crippen molar-refractivity contribution < 1.29 is 22.5 Å². The smallest absolute Gasteiger partial charge is 0.174 e. The molecule has 116 valence electrons. The summed E-state index contributed by atoms with van der Waals surface area (Å²) in [5.41, 5.74) is 0.175. The van der Waals surface area contributed by atoms with E-state index in [0.29, 0.717) is 30.4 Å². The Morgan fingerprint density at radius 1 is 1.59 bits per heavy atom. The van der Waals surface area contributed by atoms with Gasteiger partial charge in [-0.15, -0.1) is 0 Å². The second-order valence-electron chi connectivity index (χ2n) is 6.65. The number of Topliss-reactive ketones (excluding diaryl/α,β-unsaturated/α-hetero) is 1. The highest BCUT2D eigenvalue weighted by molar-refractivity contribution is 5.89. The van der Waals surface area contributed by atoms with Gasteiger partial charge in [0, 0.05) is 27.6 Å².